The second-order valence-electron chi connectivity index (χ2n) is 8.82. The van der Waals surface area contributed by atoms with Crippen LogP contribution < -0.4 is 11.1 Å². The van der Waals surface area contributed by atoms with E-state index >= 15 is 0 Å². The molecule has 10 heteroatoms. The van der Waals surface area contributed by atoms with Crippen molar-refractivity contribution in [2.24, 2.45) is 11.7 Å². The van der Waals surface area contributed by atoms with Crippen LogP contribution in [-0.4, -0.2) is 70.1 Å². The predicted octanol–water partition coefficient (Wildman–Crippen LogP) is 1.90. The molecular weight excluding hydrogens is 408 g/mol. The number of hydrogen-bond donors (Lipinski definition) is 2. The van der Waals surface area contributed by atoms with Gasteiger partial charge in [-0.2, -0.15) is 11.8 Å². The summed E-state index contributed by atoms with van der Waals surface area (Å²) in [6.45, 7) is 9.39. The molecule has 1 fully saturated rings. The van der Waals surface area contributed by atoms with Crippen LogP contribution in [0.3, 0.4) is 0 Å². The van der Waals surface area contributed by atoms with Crippen LogP contribution in [0.15, 0.2) is 0 Å². The number of rotatable bonds is 10. The Morgan fingerprint density at radius 2 is 1.93 bits per heavy atom. The van der Waals surface area contributed by atoms with Gasteiger partial charge in [-0.25, -0.2) is 14.8 Å². The summed E-state index contributed by atoms with van der Waals surface area (Å²) in [6, 6.07) is -1.74. The van der Waals surface area contributed by atoms with Crippen molar-refractivity contribution in [3.05, 3.63) is 0 Å². The molecule has 0 aromatic rings. The fourth-order valence-electron chi connectivity index (χ4n) is 3.08. The zero-order valence-corrected chi connectivity index (χ0v) is 19.7. The molecule has 0 spiro atoms. The second kappa shape index (κ2) is 11.4. The lowest BCUT2D eigenvalue weighted by Crippen LogP contribution is -2.58. The maximum atomic E-state index is 13.0. The Kier molecular flexibility index (Phi) is 9.93. The van der Waals surface area contributed by atoms with Crippen LogP contribution in [0, 0.1) is 5.92 Å². The minimum atomic E-state index is -0.915. The first-order valence-corrected chi connectivity index (χ1v) is 11.7. The summed E-state index contributed by atoms with van der Waals surface area (Å²) >= 11 is 1.53. The number of alkyl carbamates (subject to hydrolysis) is 1. The summed E-state index contributed by atoms with van der Waals surface area (Å²) in [4.78, 5) is 50.2. The van der Waals surface area contributed by atoms with Crippen molar-refractivity contribution in [2.45, 2.75) is 78.0 Å². The Morgan fingerprint density at radius 1 is 1.30 bits per heavy atom. The van der Waals surface area contributed by atoms with E-state index in [4.69, 9.17) is 10.5 Å². The number of hydrogen-bond acceptors (Lipinski definition) is 6. The first kappa shape index (κ1) is 26.1. The molecule has 1 aliphatic rings. The fraction of sp³-hybridized carbons (Fsp3) is 0.800. The first-order chi connectivity index (χ1) is 13.9. The van der Waals surface area contributed by atoms with Gasteiger partial charge in [0, 0.05) is 13.0 Å². The standard InChI is InChI=1S/C20H36N4O5S/c1-13(2)7-8-16(25)24(15(17(21)26)10-12-30-6)23-11-9-14(18(23)27)22-19(28)29-20(3,4)5/h13-15H,7-12H2,1-6H3,(H2,21,26)(H,22,28)/t14-,15?/m0/s1. The van der Waals surface area contributed by atoms with Gasteiger partial charge in [0.05, 0.1) is 0 Å². The molecule has 1 heterocycles. The molecule has 30 heavy (non-hydrogen) atoms. The molecule has 0 radical (unpaired) electrons. The largest absolute Gasteiger partial charge is 0.444 e. The van der Waals surface area contributed by atoms with Gasteiger partial charge in [-0.05, 0) is 58.0 Å². The summed E-state index contributed by atoms with van der Waals surface area (Å²) in [5.74, 6) is -0.513. The molecule has 1 aliphatic heterocycles. The van der Waals surface area contributed by atoms with E-state index < -0.39 is 35.6 Å². The van der Waals surface area contributed by atoms with E-state index in [1.807, 2.05) is 20.1 Å². The summed E-state index contributed by atoms with van der Waals surface area (Å²) in [5.41, 5.74) is 4.90. The van der Waals surface area contributed by atoms with E-state index in [1.54, 1.807) is 20.8 Å². The smallest absolute Gasteiger partial charge is 0.408 e. The molecule has 0 bridgehead atoms. The number of nitrogens with zero attached hydrogens (tertiary/aromatic N) is 2. The quantitative estimate of drug-likeness (QED) is 0.531. The lowest BCUT2D eigenvalue weighted by atomic mass is 10.1. The van der Waals surface area contributed by atoms with E-state index in [0.717, 1.165) is 0 Å². The van der Waals surface area contributed by atoms with E-state index in [9.17, 15) is 19.2 Å². The Labute approximate surface area is 183 Å². The van der Waals surface area contributed by atoms with Crippen LogP contribution >= 0.6 is 11.8 Å². The Hall–Kier alpha value is -1.97. The lowest BCUT2D eigenvalue weighted by Gasteiger charge is -2.37. The van der Waals surface area contributed by atoms with Crippen LogP contribution in [-0.2, 0) is 19.1 Å². The third kappa shape index (κ3) is 8.04. The van der Waals surface area contributed by atoms with E-state index in [0.29, 0.717) is 30.9 Å². The molecule has 0 aromatic heterocycles. The molecule has 0 saturated carbocycles. The maximum Gasteiger partial charge on any atom is 0.408 e. The fourth-order valence-corrected chi connectivity index (χ4v) is 3.54. The van der Waals surface area contributed by atoms with Gasteiger partial charge in [0.1, 0.15) is 17.7 Å². The molecule has 4 amide bonds. The van der Waals surface area contributed by atoms with E-state index in [2.05, 4.69) is 5.32 Å². The zero-order chi connectivity index (χ0) is 23.1. The molecule has 0 aliphatic carbocycles. The molecule has 1 rings (SSSR count). The minimum absolute atomic E-state index is 0.203. The van der Waals surface area contributed by atoms with Crippen LogP contribution in [0.2, 0.25) is 0 Å². The Balaban J connectivity index is 3.03. The van der Waals surface area contributed by atoms with E-state index in [1.165, 1.54) is 21.8 Å². The van der Waals surface area contributed by atoms with Gasteiger partial charge in [0.15, 0.2) is 0 Å². The number of carbonyl (C=O) groups excluding carboxylic acids is 4. The van der Waals surface area contributed by atoms with Gasteiger partial charge in [-0.15, -0.1) is 0 Å². The molecule has 172 valence electrons. The Morgan fingerprint density at radius 3 is 2.43 bits per heavy atom. The van der Waals surface area contributed by atoms with Crippen molar-refractivity contribution in [3.8, 4) is 0 Å². The SMILES string of the molecule is CSCCC(C(N)=O)N(C(=O)CCC(C)C)N1CC[C@H](NC(=O)OC(C)(C)C)C1=O. The van der Waals surface area contributed by atoms with Crippen LogP contribution in [0.4, 0.5) is 4.79 Å². The lowest BCUT2D eigenvalue weighted by molar-refractivity contribution is -0.168. The van der Waals surface area contributed by atoms with Crippen molar-refractivity contribution in [1.82, 2.24) is 15.3 Å². The number of hydrazine groups is 1. The first-order valence-electron chi connectivity index (χ1n) is 10.3. The minimum Gasteiger partial charge on any atom is -0.444 e. The highest BCUT2D eigenvalue weighted by Crippen LogP contribution is 2.22. The summed E-state index contributed by atoms with van der Waals surface area (Å²) in [5, 5.41) is 5.05. The average Bonchev–Trinajstić information content (AvgIpc) is 2.94. The molecule has 9 nitrogen and oxygen atoms in total. The molecule has 1 unspecified atom stereocenters. The number of nitrogens with two attached hydrogens (primary N) is 1. The highest BCUT2D eigenvalue weighted by Gasteiger charge is 2.42. The predicted molar refractivity (Wildman–Crippen MR) is 116 cm³/mol. The number of carbonyl (C=O) groups is 4. The number of nitrogens with one attached hydrogen (secondary N) is 1. The van der Waals surface area contributed by atoms with Crippen molar-refractivity contribution < 1.29 is 23.9 Å². The van der Waals surface area contributed by atoms with E-state index in [-0.39, 0.29) is 18.9 Å². The topological polar surface area (TPSA) is 122 Å². The molecule has 1 saturated heterocycles. The molecule has 0 aromatic carbocycles. The number of amides is 4. The number of ether oxygens (including phenoxy) is 1. The Bertz CT molecular complexity index is 635. The average molecular weight is 445 g/mol. The molecule has 3 N–H and O–H groups in total. The number of primary amides is 1. The third-order valence-corrected chi connectivity index (χ3v) is 5.19. The van der Waals surface area contributed by atoms with Crippen molar-refractivity contribution in [2.75, 3.05) is 18.6 Å². The number of thioether (sulfide) groups is 1. The normalized spacial score (nSPS) is 17.8. The van der Waals surface area contributed by atoms with Crippen LogP contribution in [0.1, 0.15) is 60.3 Å². The van der Waals surface area contributed by atoms with Crippen molar-refractivity contribution in [1.29, 1.82) is 0 Å². The van der Waals surface area contributed by atoms with Gasteiger partial charge < -0.3 is 15.8 Å². The van der Waals surface area contributed by atoms with Gasteiger partial charge in [0.2, 0.25) is 11.8 Å². The van der Waals surface area contributed by atoms with Crippen LogP contribution in [0.25, 0.3) is 0 Å². The van der Waals surface area contributed by atoms with Crippen molar-refractivity contribution >= 4 is 35.6 Å². The highest BCUT2D eigenvalue weighted by atomic mass is 32.2. The second-order valence-corrected chi connectivity index (χ2v) is 9.80. The summed E-state index contributed by atoms with van der Waals surface area (Å²) in [6.07, 6.45) is 2.68. The van der Waals surface area contributed by atoms with Gasteiger partial charge in [-0.3, -0.25) is 14.4 Å². The van der Waals surface area contributed by atoms with Gasteiger partial charge >= 0.3 is 6.09 Å². The zero-order valence-electron chi connectivity index (χ0n) is 18.9. The summed E-state index contributed by atoms with van der Waals surface area (Å²) in [7, 11) is 0. The van der Waals surface area contributed by atoms with Crippen molar-refractivity contribution in [3.63, 3.8) is 0 Å². The monoisotopic (exact) mass is 444 g/mol. The van der Waals surface area contributed by atoms with Crippen LogP contribution in [0.5, 0.6) is 0 Å². The summed E-state index contributed by atoms with van der Waals surface area (Å²) < 4.78 is 5.22. The highest BCUT2D eigenvalue weighted by molar-refractivity contribution is 7.98. The van der Waals surface area contributed by atoms with Gasteiger partial charge in [-0.1, -0.05) is 13.8 Å². The molecule has 2 atom stereocenters. The van der Waals surface area contributed by atoms with Gasteiger partial charge in [0.25, 0.3) is 5.91 Å². The maximum absolute atomic E-state index is 13.0. The molecular formula is C20H36N4O5S. The third-order valence-electron chi connectivity index (χ3n) is 4.54.